The fraction of sp³-hybridized carbons (Fsp3) is 0.250. The minimum absolute atomic E-state index is 0.150. The van der Waals surface area contributed by atoms with Crippen molar-refractivity contribution in [2.24, 2.45) is 5.92 Å². The number of hydrogen-bond donors (Lipinski definition) is 1. The topological polar surface area (TPSA) is 37.3 Å². The van der Waals surface area contributed by atoms with Crippen LogP contribution in [-0.2, 0) is 17.9 Å². The van der Waals surface area contributed by atoms with Gasteiger partial charge in [0.05, 0.1) is 0 Å². The molecule has 1 aliphatic heterocycles. The second kappa shape index (κ2) is 10.2. The van der Waals surface area contributed by atoms with Crippen LogP contribution in [0.3, 0.4) is 0 Å². The largest absolute Gasteiger partial charge is 0.339 e. The lowest BCUT2D eigenvalue weighted by Gasteiger charge is -2.31. The maximum absolute atomic E-state index is 13.5. The molecule has 0 saturated carbocycles. The first-order valence-corrected chi connectivity index (χ1v) is 12.1. The van der Waals surface area contributed by atoms with Gasteiger partial charge in [-0.3, -0.25) is 9.69 Å². The van der Waals surface area contributed by atoms with Crippen LogP contribution in [0.1, 0.15) is 24.1 Å². The van der Waals surface area contributed by atoms with Crippen molar-refractivity contribution in [1.29, 1.82) is 0 Å². The fourth-order valence-corrected chi connectivity index (χ4v) is 4.98. The van der Waals surface area contributed by atoms with Crippen molar-refractivity contribution in [3.63, 3.8) is 0 Å². The van der Waals surface area contributed by atoms with Gasteiger partial charge in [-0.15, -0.1) is 0 Å². The number of amides is 1. The molecule has 1 N–H and O–H groups in total. The van der Waals surface area contributed by atoms with Crippen LogP contribution in [0, 0.1) is 17.6 Å². The summed E-state index contributed by atoms with van der Waals surface area (Å²) in [6.45, 7) is 3.03. The Balaban J connectivity index is 1.26. The molecule has 0 radical (unpaired) electrons. The number of fused-ring (bicyclic) bond motifs is 1. The van der Waals surface area contributed by atoms with E-state index in [0.29, 0.717) is 19.4 Å². The van der Waals surface area contributed by atoms with Crippen molar-refractivity contribution < 1.29 is 13.6 Å². The lowest BCUT2D eigenvalue weighted by molar-refractivity contribution is -0.121. The monoisotopic (exact) mass is 493 g/mol. The molecular formula is C28H26ClF2N3O. The van der Waals surface area contributed by atoms with E-state index in [4.69, 9.17) is 11.6 Å². The normalized spacial score (nSPS) is 14.9. The highest BCUT2D eigenvalue weighted by Crippen LogP contribution is 2.27. The van der Waals surface area contributed by atoms with Gasteiger partial charge in [0.2, 0.25) is 5.91 Å². The molecule has 7 heteroatoms. The molecule has 0 bridgehead atoms. The molecule has 1 aliphatic rings. The Morgan fingerprint density at radius 1 is 0.914 bits per heavy atom. The van der Waals surface area contributed by atoms with E-state index >= 15 is 0 Å². The van der Waals surface area contributed by atoms with E-state index in [-0.39, 0.29) is 17.5 Å². The zero-order valence-electron chi connectivity index (χ0n) is 19.2. The highest BCUT2D eigenvalue weighted by atomic mass is 35.5. The number of hydrogen-bond acceptors (Lipinski definition) is 2. The summed E-state index contributed by atoms with van der Waals surface area (Å²) in [5.74, 6) is -2.20. The fourth-order valence-electron chi connectivity index (χ4n) is 4.78. The zero-order chi connectivity index (χ0) is 24.4. The van der Waals surface area contributed by atoms with Crippen LogP contribution in [0.2, 0.25) is 5.02 Å². The summed E-state index contributed by atoms with van der Waals surface area (Å²) < 4.78 is 28.9. The van der Waals surface area contributed by atoms with Crippen molar-refractivity contribution in [2.45, 2.75) is 25.9 Å². The average molecular weight is 494 g/mol. The summed E-state index contributed by atoms with van der Waals surface area (Å²) in [4.78, 5) is 15.0. The van der Waals surface area contributed by atoms with Gasteiger partial charge in [-0.25, -0.2) is 8.78 Å². The lowest BCUT2D eigenvalue weighted by atomic mass is 9.95. The molecule has 180 valence electrons. The van der Waals surface area contributed by atoms with E-state index in [1.807, 2.05) is 30.3 Å². The van der Waals surface area contributed by atoms with Gasteiger partial charge in [-0.1, -0.05) is 48.0 Å². The summed E-state index contributed by atoms with van der Waals surface area (Å²) >= 11 is 6.46. The first-order chi connectivity index (χ1) is 17.0. The number of halogens is 3. The van der Waals surface area contributed by atoms with Crippen molar-refractivity contribution in [2.75, 3.05) is 18.4 Å². The van der Waals surface area contributed by atoms with Crippen molar-refractivity contribution in [1.82, 2.24) is 9.47 Å². The minimum atomic E-state index is -0.968. The Morgan fingerprint density at radius 3 is 2.43 bits per heavy atom. The summed E-state index contributed by atoms with van der Waals surface area (Å²) in [6.07, 6.45) is 1.42. The Labute approximate surface area is 208 Å². The number of benzene rings is 3. The van der Waals surface area contributed by atoms with Crippen molar-refractivity contribution in [3.8, 4) is 0 Å². The number of nitrogens with one attached hydrogen (secondary N) is 1. The molecule has 4 aromatic rings. The first-order valence-electron chi connectivity index (χ1n) is 11.8. The molecule has 0 unspecified atom stereocenters. The summed E-state index contributed by atoms with van der Waals surface area (Å²) in [5.41, 5.74) is 3.73. The van der Waals surface area contributed by atoms with E-state index in [9.17, 15) is 13.6 Å². The molecule has 1 fully saturated rings. The van der Waals surface area contributed by atoms with E-state index in [2.05, 4.69) is 39.0 Å². The first kappa shape index (κ1) is 23.5. The van der Waals surface area contributed by atoms with Crippen molar-refractivity contribution in [3.05, 3.63) is 101 Å². The van der Waals surface area contributed by atoms with Gasteiger partial charge in [0.25, 0.3) is 0 Å². The van der Waals surface area contributed by atoms with Crippen LogP contribution < -0.4 is 5.32 Å². The van der Waals surface area contributed by atoms with E-state index in [1.165, 1.54) is 22.7 Å². The predicted molar refractivity (Wildman–Crippen MR) is 135 cm³/mol. The van der Waals surface area contributed by atoms with Gasteiger partial charge in [0.1, 0.15) is 0 Å². The van der Waals surface area contributed by atoms with Gasteiger partial charge in [0, 0.05) is 47.0 Å². The van der Waals surface area contributed by atoms with Crippen LogP contribution in [0.5, 0.6) is 0 Å². The Hall–Kier alpha value is -3.22. The second-order valence-corrected chi connectivity index (χ2v) is 9.45. The smallest absolute Gasteiger partial charge is 0.227 e. The highest BCUT2D eigenvalue weighted by Gasteiger charge is 2.26. The predicted octanol–water partition coefficient (Wildman–Crippen LogP) is 6.47. The molecule has 35 heavy (non-hydrogen) atoms. The van der Waals surface area contributed by atoms with Gasteiger partial charge in [0.15, 0.2) is 11.6 Å². The maximum Gasteiger partial charge on any atom is 0.227 e. The summed E-state index contributed by atoms with van der Waals surface area (Å²) in [5, 5.41) is 4.67. The molecule has 0 aliphatic carbocycles. The van der Waals surface area contributed by atoms with Gasteiger partial charge >= 0.3 is 0 Å². The third kappa shape index (κ3) is 5.24. The van der Waals surface area contributed by atoms with E-state index in [0.717, 1.165) is 42.4 Å². The lowest BCUT2D eigenvalue weighted by Crippen LogP contribution is -2.38. The van der Waals surface area contributed by atoms with Crippen LogP contribution in [0.4, 0.5) is 14.5 Å². The van der Waals surface area contributed by atoms with Gasteiger partial charge in [-0.05, 0) is 67.2 Å². The van der Waals surface area contributed by atoms with Crippen molar-refractivity contribution >= 4 is 34.1 Å². The van der Waals surface area contributed by atoms with Crippen LogP contribution >= 0.6 is 11.6 Å². The van der Waals surface area contributed by atoms with Crippen LogP contribution in [-0.4, -0.2) is 28.5 Å². The number of aromatic nitrogens is 1. The standard InChI is InChI=1S/C28H26ClF2N3O/c29-24-7-3-1-6-21(24)17-34-23(15-20-5-2-4-8-27(20)34)18-33-13-11-19(12-14-33)28(35)32-22-9-10-25(30)26(31)16-22/h1-10,15-16,19H,11-14,17-18H2,(H,32,35). The molecule has 1 amide bonds. The molecular weight excluding hydrogens is 468 g/mol. The van der Waals surface area contributed by atoms with E-state index in [1.54, 1.807) is 0 Å². The Kier molecular flexibility index (Phi) is 6.84. The number of carbonyl (C=O) groups is 1. The minimum Gasteiger partial charge on any atom is -0.339 e. The molecule has 0 atom stereocenters. The van der Waals surface area contributed by atoms with Crippen LogP contribution in [0.15, 0.2) is 72.8 Å². The van der Waals surface area contributed by atoms with Crippen LogP contribution in [0.25, 0.3) is 10.9 Å². The number of likely N-dealkylation sites (tertiary alicyclic amines) is 1. The number of para-hydroxylation sites is 1. The molecule has 3 aromatic carbocycles. The molecule has 1 aromatic heterocycles. The third-order valence-corrected chi connectivity index (χ3v) is 7.08. The molecule has 1 saturated heterocycles. The SMILES string of the molecule is O=C(Nc1ccc(F)c(F)c1)C1CCN(Cc2cc3ccccc3n2Cc2ccccc2Cl)CC1. The number of anilines is 1. The maximum atomic E-state index is 13.5. The summed E-state index contributed by atoms with van der Waals surface area (Å²) in [7, 11) is 0. The third-order valence-electron chi connectivity index (χ3n) is 6.71. The Morgan fingerprint density at radius 2 is 1.66 bits per heavy atom. The van der Waals surface area contributed by atoms with Gasteiger partial charge < -0.3 is 9.88 Å². The van der Waals surface area contributed by atoms with Gasteiger partial charge in [-0.2, -0.15) is 0 Å². The second-order valence-electron chi connectivity index (χ2n) is 9.04. The number of carbonyl (C=O) groups excluding carboxylic acids is 1. The Bertz CT molecular complexity index is 1360. The number of nitrogens with zero attached hydrogens (tertiary/aromatic N) is 2. The molecule has 0 spiro atoms. The van der Waals surface area contributed by atoms with E-state index < -0.39 is 11.6 Å². The average Bonchev–Trinajstić information content (AvgIpc) is 3.20. The highest BCUT2D eigenvalue weighted by molar-refractivity contribution is 6.31. The molecule has 2 heterocycles. The number of piperidine rings is 1. The molecule has 5 rings (SSSR count). The summed E-state index contributed by atoms with van der Waals surface area (Å²) in [6, 6.07) is 21.9. The molecule has 4 nitrogen and oxygen atoms in total. The zero-order valence-corrected chi connectivity index (χ0v) is 19.9. The number of rotatable bonds is 6. The quantitative estimate of drug-likeness (QED) is 0.334.